The third-order valence-corrected chi connectivity index (χ3v) is 4.01. The fourth-order valence-electron chi connectivity index (χ4n) is 2.96. The van der Waals surface area contributed by atoms with E-state index < -0.39 is 0 Å². The lowest BCUT2D eigenvalue weighted by atomic mass is 10.0. The number of benzene rings is 1. The molecule has 2 aliphatic heterocycles. The Morgan fingerprint density at radius 1 is 1.15 bits per heavy atom. The van der Waals surface area contributed by atoms with Gasteiger partial charge in [0.1, 0.15) is 13.2 Å². The number of nitrogens with two attached hydrogens (primary N) is 1. The fraction of sp³-hybridized carbons (Fsp3) is 0.600. The van der Waals surface area contributed by atoms with Gasteiger partial charge in [0.25, 0.3) is 0 Å². The molecular formula is C15H23ClN2O2. The highest BCUT2D eigenvalue weighted by Crippen LogP contribution is 2.31. The maximum atomic E-state index is 5.87. The van der Waals surface area contributed by atoms with Crippen LogP contribution in [0.15, 0.2) is 18.2 Å². The van der Waals surface area contributed by atoms with Gasteiger partial charge in [-0.3, -0.25) is 4.90 Å². The highest BCUT2D eigenvalue weighted by atomic mass is 35.5. The van der Waals surface area contributed by atoms with Crippen LogP contribution in [0.3, 0.4) is 0 Å². The summed E-state index contributed by atoms with van der Waals surface area (Å²) < 4.78 is 11.2. The summed E-state index contributed by atoms with van der Waals surface area (Å²) in [6.07, 6.45) is 3.81. The third kappa shape index (κ3) is 3.37. The van der Waals surface area contributed by atoms with E-state index in [0.717, 1.165) is 31.1 Å². The molecule has 0 aromatic heterocycles. The lowest BCUT2D eigenvalue weighted by molar-refractivity contribution is 0.143. The predicted molar refractivity (Wildman–Crippen MR) is 81.8 cm³/mol. The van der Waals surface area contributed by atoms with Crippen LogP contribution < -0.4 is 15.2 Å². The molecule has 1 aromatic carbocycles. The van der Waals surface area contributed by atoms with Crippen molar-refractivity contribution < 1.29 is 9.47 Å². The van der Waals surface area contributed by atoms with Gasteiger partial charge in [0.05, 0.1) is 0 Å². The molecule has 20 heavy (non-hydrogen) atoms. The van der Waals surface area contributed by atoms with Gasteiger partial charge in [0.15, 0.2) is 11.5 Å². The molecule has 0 amide bonds. The van der Waals surface area contributed by atoms with Crippen LogP contribution in [0.2, 0.25) is 0 Å². The highest BCUT2D eigenvalue weighted by molar-refractivity contribution is 5.85. The Hall–Kier alpha value is -0.970. The smallest absolute Gasteiger partial charge is 0.161 e. The first-order valence-electron chi connectivity index (χ1n) is 7.19. The number of nitrogens with zero attached hydrogens (tertiary/aromatic N) is 1. The van der Waals surface area contributed by atoms with E-state index in [-0.39, 0.29) is 12.4 Å². The van der Waals surface area contributed by atoms with Crippen molar-refractivity contribution in [1.29, 1.82) is 0 Å². The Kier molecular flexibility index (Phi) is 5.52. The molecule has 1 fully saturated rings. The van der Waals surface area contributed by atoms with Crippen LogP contribution in [0.4, 0.5) is 0 Å². The largest absolute Gasteiger partial charge is 0.486 e. The predicted octanol–water partition coefficient (Wildman–Crippen LogP) is 2.19. The first-order chi connectivity index (χ1) is 9.36. The number of piperidine rings is 1. The molecule has 1 unspecified atom stereocenters. The Morgan fingerprint density at radius 2 is 1.95 bits per heavy atom. The van der Waals surface area contributed by atoms with Gasteiger partial charge >= 0.3 is 0 Å². The maximum absolute atomic E-state index is 5.87. The second-order valence-electron chi connectivity index (χ2n) is 5.33. The summed E-state index contributed by atoms with van der Waals surface area (Å²) in [4.78, 5) is 2.49. The van der Waals surface area contributed by atoms with Gasteiger partial charge in [-0.25, -0.2) is 0 Å². The number of hydrogen-bond acceptors (Lipinski definition) is 4. The summed E-state index contributed by atoms with van der Waals surface area (Å²) >= 11 is 0. The fourth-order valence-corrected chi connectivity index (χ4v) is 2.96. The Bertz CT molecular complexity index is 442. The molecule has 2 aliphatic rings. The van der Waals surface area contributed by atoms with Crippen LogP contribution in [0.5, 0.6) is 11.5 Å². The summed E-state index contributed by atoms with van der Waals surface area (Å²) in [5, 5.41) is 0. The molecule has 0 radical (unpaired) electrons. The van der Waals surface area contributed by atoms with Crippen molar-refractivity contribution in [2.24, 2.45) is 5.73 Å². The summed E-state index contributed by atoms with van der Waals surface area (Å²) in [5.41, 5.74) is 7.15. The van der Waals surface area contributed by atoms with Crippen molar-refractivity contribution in [2.75, 3.05) is 26.3 Å². The normalized spacial score (nSPS) is 22.1. The van der Waals surface area contributed by atoms with E-state index in [1.807, 2.05) is 6.07 Å². The Labute approximate surface area is 126 Å². The van der Waals surface area contributed by atoms with E-state index in [0.29, 0.717) is 19.3 Å². The molecule has 5 heteroatoms. The minimum Gasteiger partial charge on any atom is -0.486 e. The molecule has 4 nitrogen and oxygen atoms in total. The van der Waals surface area contributed by atoms with Crippen molar-refractivity contribution in [3.05, 3.63) is 23.8 Å². The second kappa shape index (κ2) is 7.16. The van der Waals surface area contributed by atoms with Crippen LogP contribution in [0.25, 0.3) is 0 Å². The number of ether oxygens (including phenoxy) is 2. The molecule has 1 saturated heterocycles. The van der Waals surface area contributed by atoms with Gasteiger partial charge in [0, 0.05) is 19.1 Å². The number of likely N-dealkylation sites (tertiary alicyclic amines) is 1. The van der Waals surface area contributed by atoms with Gasteiger partial charge in [-0.15, -0.1) is 12.4 Å². The molecule has 0 saturated carbocycles. The van der Waals surface area contributed by atoms with Crippen molar-refractivity contribution in [2.45, 2.75) is 31.8 Å². The van der Waals surface area contributed by atoms with E-state index >= 15 is 0 Å². The molecule has 2 N–H and O–H groups in total. The highest BCUT2D eigenvalue weighted by Gasteiger charge is 2.21. The topological polar surface area (TPSA) is 47.7 Å². The summed E-state index contributed by atoms with van der Waals surface area (Å²) in [7, 11) is 0. The molecule has 1 atom stereocenters. The monoisotopic (exact) mass is 298 g/mol. The third-order valence-electron chi connectivity index (χ3n) is 4.01. The van der Waals surface area contributed by atoms with E-state index in [9.17, 15) is 0 Å². The van der Waals surface area contributed by atoms with Crippen molar-refractivity contribution in [1.82, 2.24) is 4.90 Å². The maximum Gasteiger partial charge on any atom is 0.161 e. The van der Waals surface area contributed by atoms with Crippen molar-refractivity contribution in [3.8, 4) is 11.5 Å². The minimum atomic E-state index is 0. The molecule has 3 rings (SSSR count). The lowest BCUT2D eigenvalue weighted by Crippen LogP contribution is -2.43. The van der Waals surface area contributed by atoms with E-state index in [2.05, 4.69) is 17.0 Å². The molecule has 112 valence electrons. The van der Waals surface area contributed by atoms with E-state index in [4.69, 9.17) is 15.2 Å². The number of halogens is 1. The Balaban J connectivity index is 0.00000147. The van der Waals surface area contributed by atoms with Gasteiger partial charge in [-0.1, -0.05) is 12.5 Å². The van der Waals surface area contributed by atoms with E-state index in [1.165, 1.54) is 24.8 Å². The SMILES string of the molecule is Cl.NCC1CCCCN1Cc1ccc2c(c1)OCCO2. The zero-order valence-corrected chi connectivity index (χ0v) is 12.5. The molecule has 0 bridgehead atoms. The number of rotatable bonds is 3. The summed E-state index contributed by atoms with van der Waals surface area (Å²) in [6.45, 7) is 4.15. The van der Waals surface area contributed by atoms with Gasteiger partial charge in [-0.05, 0) is 37.1 Å². The van der Waals surface area contributed by atoms with Crippen molar-refractivity contribution >= 4 is 12.4 Å². The van der Waals surface area contributed by atoms with E-state index in [1.54, 1.807) is 0 Å². The van der Waals surface area contributed by atoms with Crippen LogP contribution in [0.1, 0.15) is 24.8 Å². The van der Waals surface area contributed by atoms with Crippen LogP contribution in [0, 0.1) is 0 Å². The molecule has 0 spiro atoms. The van der Waals surface area contributed by atoms with Gasteiger partial charge < -0.3 is 15.2 Å². The molecule has 0 aliphatic carbocycles. The van der Waals surface area contributed by atoms with Crippen LogP contribution in [-0.2, 0) is 6.54 Å². The first-order valence-corrected chi connectivity index (χ1v) is 7.19. The minimum absolute atomic E-state index is 0. The quantitative estimate of drug-likeness (QED) is 0.929. The summed E-state index contributed by atoms with van der Waals surface area (Å²) in [6, 6.07) is 6.79. The second-order valence-corrected chi connectivity index (χ2v) is 5.33. The van der Waals surface area contributed by atoms with Gasteiger partial charge in [-0.2, -0.15) is 0 Å². The molecule has 1 aromatic rings. The van der Waals surface area contributed by atoms with Crippen molar-refractivity contribution in [3.63, 3.8) is 0 Å². The molecular weight excluding hydrogens is 276 g/mol. The summed E-state index contributed by atoms with van der Waals surface area (Å²) in [5.74, 6) is 1.74. The first kappa shape index (κ1) is 15.4. The van der Waals surface area contributed by atoms with Crippen LogP contribution >= 0.6 is 12.4 Å². The zero-order valence-electron chi connectivity index (χ0n) is 11.7. The average molecular weight is 299 g/mol. The lowest BCUT2D eigenvalue weighted by Gasteiger charge is -2.35. The Morgan fingerprint density at radius 3 is 2.75 bits per heavy atom. The van der Waals surface area contributed by atoms with Crippen LogP contribution in [-0.4, -0.2) is 37.2 Å². The standard InChI is InChI=1S/C15H22N2O2.ClH/c16-10-13-3-1-2-6-17(13)11-12-4-5-14-15(9-12)19-8-7-18-14;/h4-5,9,13H,1-3,6-8,10-11,16H2;1H. The zero-order chi connectivity index (χ0) is 13.1. The number of fused-ring (bicyclic) bond motifs is 1. The van der Waals surface area contributed by atoms with Gasteiger partial charge in [0.2, 0.25) is 0 Å². The number of hydrogen-bond donors (Lipinski definition) is 1. The average Bonchev–Trinajstić information content (AvgIpc) is 2.48. The molecule has 2 heterocycles.